The molecule has 3 rings (SSSR count). The van der Waals surface area contributed by atoms with Crippen molar-refractivity contribution in [2.45, 2.75) is 11.8 Å². The summed E-state index contributed by atoms with van der Waals surface area (Å²) in [5.41, 5.74) is 1.96. The van der Waals surface area contributed by atoms with E-state index in [-0.39, 0.29) is 10.8 Å². The predicted octanol–water partition coefficient (Wildman–Crippen LogP) is 3.46. The predicted molar refractivity (Wildman–Crippen MR) is 111 cm³/mol. The van der Waals surface area contributed by atoms with Gasteiger partial charge in [-0.15, -0.1) is 11.6 Å². The summed E-state index contributed by atoms with van der Waals surface area (Å²) >= 11 is 5.73. The molecule has 0 aliphatic heterocycles. The van der Waals surface area contributed by atoms with Crippen LogP contribution in [0.5, 0.6) is 0 Å². The smallest absolute Gasteiger partial charge is 0.267 e. The Balaban J connectivity index is 2.27. The molecular formula is C20H17ClFN3O3S. The number of nitrogens with zero attached hydrogens (tertiary/aromatic N) is 2. The lowest BCUT2D eigenvalue weighted by molar-refractivity contribution is 0.598. The highest BCUT2D eigenvalue weighted by Gasteiger charge is 2.17. The number of hydrogen-bond donors (Lipinski definition) is 1. The third-order valence-corrected chi connectivity index (χ3v) is 5.39. The summed E-state index contributed by atoms with van der Waals surface area (Å²) in [5.74, 6) is -0.219. The van der Waals surface area contributed by atoms with Gasteiger partial charge in [0, 0.05) is 17.1 Å². The van der Waals surface area contributed by atoms with Crippen LogP contribution in [0.2, 0.25) is 0 Å². The third-order valence-electron chi connectivity index (χ3n) is 4.31. The minimum Gasteiger partial charge on any atom is -0.267 e. The fourth-order valence-corrected chi connectivity index (χ4v) is 3.58. The molecule has 0 spiro atoms. The first-order valence-corrected chi connectivity index (χ1v) is 10.5. The maximum atomic E-state index is 13.4. The number of allylic oxidation sites excluding steroid dienone is 2. The second-order valence-electron chi connectivity index (χ2n) is 6.23. The van der Waals surface area contributed by atoms with Crippen molar-refractivity contribution in [3.63, 3.8) is 0 Å². The van der Waals surface area contributed by atoms with Crippen molar-refractivity contribution < 1.29 is 12.8 Å². The van der Waals surface area contributed by atoms with Crippen molar-refractivity contribution in [2.24, 2.45) is 5.14 Å². The zero-order valence-corrected chi connectivity index (χ0v) is 16.9. The SMILES string of the molecule is CC(=CCCl)n1ncc(-c2ccc(S(N)(=O)=O)cc2)c(-c2ccc(F)cc2)c1=O. The van der Waals surface area contributed by atoms with Gasteiger partial charge in [0.2, 0.25) is 10.0 Å². The number of aromatic nitrogens is 2. The second-order valence-corrected chi connectivity index (χ2v) is 8.10. The fraction of sp³-hybridized carbons (Fsp3) is 0.100. The van der Waals surface area contributed by atoms with Crippen LogP contribution in [0.3, 0.4) is 0 Å². The van der Waals surface area contributed by atoms with E-state index in [1.54, 1.807) is 13.0 Å². The standard InChI is InChI=1S/C20H17ClFN3O3S/c1-13(10-11-21)25-20(26)19(15-2-6-16(22)7-3-15)18(12-24-25)14-4-8-17(9-5-14)29(23,27)28/h2-10,12H,11H2,1H3,(H2,23,27,28). The molecule has 0 aliphatic carbocycles. The Kier molecular flexibility index (Phi) is 5.97. The van der Waals surface area contributed by atoms with Gasteiger partial charge in [-0.3, -0.25) is 4.79 Å². The van der Waals surface area contributed by atoms with Gasteiger partial charge < -0.3 is 0 Å². The summed E-state index contributed by atoms with van der Waals surface area (Å²) in [6.45, 7) is 1.70. The average molecular weight is 434 g/mol. The van der Waals surface area contributed by atoms with E-state index >= 15 is 0 Å². The molecule has 0 aliphatic rings. The van der Waals surface area contributed by atoms with Crippen LogP contribution in [-0.2, 0) is 10.0 Å². The van der Waals surface area contributed by atoms with Gasteiger partial charge in [-0.25, -0.2) is 22.6 Å². The van der Waals surface area contributed by atoms with Crippen LogP contribution in [0.4, 0.5) is 4.39 Å². The average Bonchev–Trinajstić information content (AvgIpc) is 2.68. The highest BCUT2D eigenvalue weighted by Crippen LogP contribution is 2.30. The van der Waals surface area contributed by atoms with Crippen LogP contribution in [0.15, 0.2) is 70.5 Å². The molecule has 0 amide bonds. The molecule has 0 atom stereocenters. The lowest BCUT2D eigenvalue weighted by atomic mass is 9.97. The summed E-state index contributed by atoms with van der Waals surface area (Å²) in [6, 6.07) is 11.3. The van der Waals surface area contributed by atoms with Crippen LogP contribution in [0, 0.1) is 5.82 Å². The molecule has 3 aromatic rings. The largest absolute Gasteiger partial charge is 0.279 e. The van der Waals surface area contributed by atoms with Gasteiger partial charge in [-0.2, -0.15) is 5.10 Å². The first kappa shape index (κ1) is 20.9. The monoisotopic (exact) mass is 433 g/mol. The molecule has 0 bridgehead atoms. The number of rotatable bonds is 5. The molecule has 0 radical (unpaired) electrons. The fourth-order valence-electron chi connectivity index (χ4n) is 2.84. The van der Waals surface area contributed by atoms with Gasteiger partial charge in [-0.1, -0.05) is 24.3 Å². The Morgan fingerprint density at radius 2 is 1.72 bits per heavy atom. The van der Waals surface area contributed by atoms with E-state index in [1.807, 2.05) is 0 Å². The molecule has 1 aromatic heterocycles. The minimum atomic E-state index is -3.84. The van der Waals surface area contributed by atoms with Gasteiger partial charge in [0.15, 0.2) is 0 Å². The molecule has 0 fully saturated rings. The highest BCUT2D eigenvalue weighted by molar-refractivity contribution is 7.89. The molecule has 0 saturated carbocycles. The van der Waals surface area contributed by atoms with E-state index in [4.69, 9.17) is 16.7 Å². The second kappa shape index (κ2) is 8.28. The van der Waals surface area contributed by atoms with Crippen LogP contribution in [0.25, 0.3) is 28.0 Å². The maximum absolute atomic E-state index is 13.4. The van der Waals surface area contributed by atoms with E-state index in [0.29, 0.717) is 28.0 Å². The summed E-state index contributed by atoms with van der Waals surface area (Å²) in [7, 11) is -3.84. The molecule has 0 saturated heterocycles. The van der Waals surface area contributed by atoms with Gasteiger partial charge in [0.1, 0.15) is 5.82 Å². The molecule has 2 aromatic carbocycles. The van der Waals surface area contributed by atoms with Crippen molar-refractivity contribution in [1.29, 1.82) is 0 Å². The summed E-state index contributed by atoms with van der Waals surface area (Å²) in [6.07, 6.45) is 3.14. The van der Waals surface area contributed by atoms with E-state index in [1.165, 1.54) is 59.4 Å². The van der Waals surface area contributed by atoms with Gasteiger partial charge >= 0.3 is 0 Å². The number of sulfonamides is 1. The highest BCUT2D eigenvalue weighted by atomic mass is 35.5. The first-order chi connectivity index (χ1) is 13.7. The van der Waals surface area contributed by atoms with E-state index in [9.17, 15) is 17.6 Å². The van der Waals surface area contributed by atoms with E-state index in [2.05, 4.69) is 5.10 Å². The summed E-state index contributed by atoms with van der Waals surface area (Å²) in [5, 5.41) is 9.35. The van der Waals surface area contributed by atoms with Crippen LogP contribution in [0.1, 0.15) is 6.92 Å². The topological polar surface area (TPSA) is 95.1 Å². The normalized spacial score (nSPS) is 12.2. The number of primary sulfonamides is 1. The lowest BCUT2D eigenvalue weighted by Gasteiger charge is -2.13. The zero-order chi connectivity index (χ0) is 21.2. The van der Waals surface area contributed by atoms with Gasteiger partial charge in [0.05, 0.1) is 16.7 Å². The Hall–Kier alpha value is -2.81. The third kappa shape index (κ3) is 4.45. The van der Waals surface area contributed by atoms with E-state index < -0.39 is 21.4 Å². The quantitative estimate of drug-likeness (QED) is 0.623. The minimum absolute atomic E-state index is 0.0493. The first-order valence-electron chi connectivity index (χ1n) is 8.47. The van der Waals surface area contributed by atoms with Crippen LogP contribution < -0.4 is 10.7 Å². The number of alkyl halides is 1. The van der Waals surface area contributed by atoms with Crippen molar-refractivity contribution in [3.05, 3.63) is 77.0 Å². The molecule has 150 valence electrons. The zero-order valence-electron chi connectivity index (χ0n) is 15.3. The van der Waals surface area contributed by atoms with Gasteiger partial charge in [0.25, 0.3) is 5.56 Å². The summed E-state index contributed by atoms with van der Waals surface area (Å²) < 4.78 is 37.6. The molecule has 29 heavy (non-hydrogen) atoms. The van der Waals surface area contributed by atoms with E-state index in [0.717, 1.165) is 0 Å². The van der Waals surface area contributed by atoms with Crippen molar-refractivity contribution in [3.8, 4) is 22.3 Å². The Morgan fingerprint density at radius 3 is 2.28 bits per heavy atom. The van der Waals surface area contributed by atoms with Gasteiger partial charge in [-0.05, 0) is 48.4 Å². The van der Waals surface area contributed by atoms with Crippen molar-refractivity contribution >= 4 is 27.3 Å². The molecule has 6 nitrogen and oxygen atoms in total. The number of nitrogens with two attached hydrogens (primary N) is 1. The number of hydrogen-bond acceptors (Lipinski definition) is 4. The Bertz CT molecular complexity index is 1240. The Labute approximate surface area is 172 Å². The maximum Gasteiger partial charge on any atom is 0.279 e. The number of benzene rings is 2. The molecule has 2 N–H and O–H groups in total. The van der Waals surface area contributed by atoms with Crippen LogP contribution in [-0.4, -0.2) is 24.1 Å². The van der Waals surface area contributed by atoms with Crippen molar-refractivity contribution in [2.75, 3.05) is 5.88 Å². The Morgan fingerprint density at radius 1 is 1.14 bits per heavy atom. The molecular weight excluding hydrogens is 417 g/mol. The lowest BCUT2D eigenvalue weighted by Crippen LogP contribution is -2.23. The number of halogens is 2. The molecule has 9 heteroatoms. The molecule has 0 unspecified atom stereocenters. The van der Waals surface area contributed by atoms with Crippen LogP contribution >= 0.6 is 11.6 Å². The summed E-state index contributed by atoms with van der Waals surface area (Å²) in [4.78, 5) is 13.1. The van der Waals surface area contributed by atoms with Crippen molar-refractivity contribution in [1.82, 2.24) is 9.78 Å². The molecule has 1 heterocycles.